The average Bonchev–Trinajstić information content (AvgIpc) is 2.84. The van der Waals surface area contributed by atoms with E-state index in [2.05, 4.69) is 5.32 Å². The first kappa shape index (κ1) is 16.5. The summed E-state index contributed by atoms with van der Waals surface area (Å²) in [6.07, 6.45) is -0.0129. The molecule has 4 nitrogen and oxygen atoms in total. The summed E-state index contributed by atoms with van der Waals surface area (Å²) in [6.45, 7) is 0.00779. The van der Waals surface area contributed by atoms with Crippen molar-refractivity contribution in [1.29, 1.82) is 0 Å². The first-order valence-electron chi connectivity index (χ1n) is 7.66. The van der Waals surface area contributed by atoms with Crippen LogP contribution in [0.2, 0.25) is 0 Å². The lowest BCUT2D eigenvalue weighted by molar-refractivity contribution is -0.117. The Morgan fingerprint density at radius 3 is 2.58 bits per heavy atom. The quantitative estimate of drug-likeness (QED) is 0.904. The van der Waals surface area contributed by atoms with Crippen molar-refractivity contribution in [3.63, 3.8) is 0 Å². The molecule has 2 atom stereocenters. The number of aliphatic hydroxyl groups is 1. The molecule has 0 saturated heterocycles. The zero-order chi connectivity index (χ0) is 17.3. The Kier molecular flexibility index (Phi) is 4.59. The highest BCUT2D eigenvalue weighted by Crippen LogP contribution is 2.33. The minimum absolute atomic E-state index is 0.00779. The largest absolute Gasteiger partial charge is 0.387 e. The lowest BCUT2D eigenvalue weighted by Crippen LogP contribution is -2.40. The molecule has 2 N–H and O–H groups in total. The number of benzene rings is 2. The number of fused-ring (bicyclic) bond motifs is 1. The number of hydrogen-bond acceptors (Lipinski definition) is 3. The Labute approximate surface area is 138 Å². The van der Waals surface area contributed by atoms with E-state index in [-0.39, 0.29) is 18.3 Å². The Hall–Kier alpha value is -2.31. The number of hydrogen-bond donors (Lipinski definition) is 2. The fraction of sp³-hybridized carbons (Fsp3) is 0.278. The smallest absolute Gasteiger partial charge is 0.238 e. The van der Waals surface area contributed by atoms with Crippen molar-refractivity contribution < 1.29 is 18.7 Å². The molecule has 0 fully saturated rings. The van der Waals surface area contributed by atoms with E-state index < -0.39 is 23.6 Å². The van der Waals surface area contributed by atoms with Crippen LogP contribution in [0.1, 0.15) is 17.2 Å². The first-order valence-corrected chi connectivity index (χ1v) is 7.66. The summed E-state index contributed by atoms with van der Waals surface area (Å²) >= 11 is 0. The van der Waals surface area contributed by atoms with Crippen LogP contribution >= 0.6 is 0 Å². The Morgan fingerprint density at radius 1 is 1.25 bits per heavy atom. The second kappa shape index (κ2) is 6.67. The van der Waals surface area contributed by atoms with Gasteiger partial charge in [-0.25, -0.2) is 8.78 Å². The zero-order valence-electron chi connectivity index (χ0n) is 13.2. The summed E-state index contributed by atoms with van der Waals surface area (Å²) in [5, 5.41) is 12.9. The predicted molar refractivity (Wildman–Crippen MR) is 86.5 cm³/mol. The van der Waals surface area contributed by atoms with Gasteiger partial charge in [-0.1, -0.05) is 24.3 Å². The first-order chi connectivity index (χ1) is 11.4. The van der Waals surface area contributed by atoms with Gasteiger partial charge in [-0.15, -0.1) is 0 Å². The van der Waals surface area contributed by atoms with Crippen LogP contribution in [0.4, 0.5) is 14.5 Å². The number of carbonyl (C=O) groups is 1. The van der Waals surface area contributed by atoms with Crippen molar-refractivity contribution in [1.82, 2.24) is 4.90 Å². The molecule has 0 bridgehead atoms. The van der Waals surface area contributed by atoms with Crippen LogP contribution in [0.25, 0.3) is 0 Å². The highest BCUT2D eigenvalue weighted by molar-refractivity contribution is 5.92. The molecule has 0 aliphatic heterocycles. The van der Waals surface area contributed by atoms with E-state index in [0.717, 1.165) is 29.3 Å². The molecule has 0 aromatic heterocycles. The van der Waals surface area contributed by atoms with E-state index in [4.69, 9.17) is 0 Å². The van der Waals surface area contributed by atoms with Crippen LogP contribution in [-0.4, -0.2) is 35.5 Å². The maximum atomic E-state index is 13.2. The van der Waals surface area contributed by atoms with Gasteiger partial charge in [0, 0.05) is 17.8 Å². The van der Waals surface area contributed by atoms with Crippen LogP contribution in [-0.2, 0) is 11.2 Å². The van der Waals surface area contributed by atoms with E-state index in [9.17, 15) is 18.7 Å². The van der Waals surface area contributed by atoms with Gasteiger partial charge in [0.1, 0.15) is 11.6 Å². The summed E-state index contributed by atoms with van der Waals surface area (Å²) in [4.78, 5) is 13.8. The molecule has 0 heterocycles. The van der Waals surface area contributed by atoms with Crippen LogP contribution in [0, 0.1) is 11.6 Å². The Balaban J connectivity index is 1.63. The fourth-order valence-electron chi connectivity index (χ4n) is 3.12. The highest BCUT2D eigenvalue weighted by Gasteiger charge is 2.33. The van der Waals surface area contributed by atoms with Gasteiger partial charge < -0.3 is 10.4 Å². The number of carbonyl (C=O) groups excluding carboxylic acids is 1. The van der Waals surface area contributed by atoms with Gasteiger partial charge >= 0.3 is 0 Å². The number of nitrogens with one attached hydrogen (secondary N) is 1. The topological polar surface area (TPSA) is 52.6 Å². The van der Waals surface area contributed by atoms with Gasteiger partial charge in [-0.2, -0.15) is 0 Å². The maximum absolute atomic E-state index is 13.2. The zero-order valence-corrected chi connectivity index (χ0v) is 13.2. The third-order valence-corrected chi connectivity index (χ3v) is 4.27. The molecule has 1 amide bonds. The minimum Gasteiger partial charge on any atom is -0.387 e. The third kappa shape index (κ3) is 3.44. The van der Waals surface area contributed by atoms with Crippen molar-refractivity contribution in [3.8, 4) is 0 Å². The van der Waals surface area contributed by atoms with E-state index >= 15 is 0 Å². The Bertz CT molecular complexity index is 746. The third-order valence-electron chi connectivity index (χ3n) is 4.27. The second-order valence-electron chi connectivity index (χ2n) is 6.04. The number of halogens is 2. The number of anilines is 1. The standard InChI is InChI=1S/C18H18F2N2O2/c1-22(16-6-11-4-2-3-5-15(11)18(16)24)10-17(23)21-14-8-12(19)7-13(20)9-14/h2-5,7-9,16,18,24H,6,10H2,1H3,(H,21,23). The second-order valence-corrected chi connectivity index (χ2v) is 6.04. The maximum Gasteiger partial charge on any atom is 0.238 e. The number of aliphatic hydroxyl groups excluding tert-OH is 1. The number of rotatable bonds is 4. The van der Waals surface area contributed by atoms with Crippen molar-refractivity contribution in [3.05, 3.63) is 65.2 Å². The molecule has 2 aromatic rings. The van der Waals surface area contributed by atoms with Crippen LogP contribution in [0.3, 0.4) is 0 Å². The summed E-state index contributed by atoms with van der Waals surface area (Å²) in [5.74, 6) is -1.90. The molecule has 1 aliphatic carbocycles. The van der Waals surface area contributed by atoms with Crippen molar-refractivity contribution in [2.75, 3.05) is 18.9 Å². The number of nitrogens with zero attached hydrogens (tertiary/aromatic N) is 1. The van der Waals surface area contributed by atoms with E-state index in [0.29, 0.717) is 6.42 Å². The molecule has 24 heavy (non-hydrogen) atoms. The van der Waals surface area contributed by atoms with E-state index in [1.807, 2.05) is 24.3 Å². The lowest BCUT2D eigenvalue weighted by atomic mass is 10.1. The van der Waals surface area contributed by atoms with Gasteiger partial charge in [0.15, 0.2) is 0 Å². The van der Waals surface area contributed by atoms with Crippen LogP contribution < -0.4 is 5.32 Å². The molecule has 0 radical (unpaired) electrons. The normalized spacial score (nSPS) is 19.4. The molecular formula is C18H18F2N2O2. The molecule has 126 valence electrons. The molecule has 0 spiro atoms. The summed E-state index contributed by atoms with van der Waals surface area (Å²) in [6, 6.07) is 10.3. The fourth-order valence-corrected chi connectivity index (χ4v) is 3.12. The molecular weight excluding hydrogens is 314 g/mol. The van der Waals surface area contributed by atoms with Crippen molar-refractivity contribution in [2.24, 2.45) is 0 Å². The van der Waals surface area contributed by atoms with Crippen molar-refractivity contribution >= 4 is 11.6 Å². The van der Waals surface area contributed by atoms with E-state index in [1.54, 1.807) is 11.9 Å². The highest BCUT2D eigenvalue weighted by atomic mass is 19.1. The van der Waals surface area contributed by atoms with Gasteiger partial charge in [-0.05, 0) is 36.7 Å². The summed E-state index contributed by atoms with van der Waals surface area (Å²) in [7, 11) is 1.74. The minimum atomic E-state index is -0.750. The number of amides is 1. The van der Waals surface area contributed by atoms with Gasteiger partial charge in [0.2, 0.25) is 5.91 Å². The van der Waals surface area contributed by atoms with Gasteiger partial charge in [-0.3, -0.25) is 9.69 Å². The molecule has 6 heteroatoms. The molecule has 0 saturated carbocycles. The summed E-state index contributed by atoms with van der Waals surface area (Å²) in [5.41, 5.74) is 2.01. The van der Waals surface area contributed by atoms with Crippen LogP contribution in [0.15, 0.2) is 42.5 Å². The molecule has 2 aromatic carbocycles. The van der Waals surface area contributed by atoms with Crippen LogP contribution in [0.5, 0.6) is 0 Å². The van der Waals surface area contributed by atoms with E-state index in [1.165, 1.54) is 0 Å². The monoisotopic (exact) mass is 332 g/mol. The predicted octanol–water partition coefficient (Wildman–Crippen LogP) is 2.49. The Morgan fingerprint density at radius 2 is 1.92 bits per heavy atom. The van der Waals surface area contributed by atoms with Crippen molar-refractivity contribution in [2.45, 2.75) is 18.6 Å². The van der Waals surface area contributed by atoms with Gasteiger partial charge in [0.25, 0.3) is 0 Å². The molecule has 2 unspecified atom stereocenters. The average molecular weight is 332 g/mol. The summed E-state index contributed by atoms with van der Waals surface area (Å²) < 4.78 is 26.3. The molecule has 3 rings (SSSR count). The SMILES string of the molecule is CN(CC(=O)Nc1cc(F)cc(F)c1)C1Cc2ccccc2C1O. The molecule has 1 aliphatic rings. The van der Waals surface area contributed by atoms with Gasteiger partial charge in [0.05, 0.1) is 12.6 Å². The number of likely N-dealkylation sites (N-methyl/N-ethyl adjacent to an activating group) is 1. The lowest BCUT2D eigenvalue weighted by Gasteiger charge is -2.26.